The number of fused-ring (bicyclic) bond motifs is 1. The molecule has 0 aromatic carbocycles. The van der Waals surface area contributed by atoms with E-state index in [9.17, 15) is 8.42 Å². The van der Waals surface area contributed by atoms with Gasteiger partial charge in [0.25, 0.3) is 0 Å². The maximum atomic E-state index is 11.8. The van der Waals surface area contributed by atoms with Crippen LogP contribution in [0.25, 0.3) is 0 Å². The zero-order chi connectivity index (χ0) is 16.8. The van der Waals surface area contributed by atoms with E-state index in [-0.39, 0.29) is 16.0 Å². The number of sulfone groups is 1. The normalized spacial score (nSPS) is 46.3. The van der Waals surface area contributed by atoms with Gasteiger partial charge in [0.1, 0.15) is 9.84 Å². The van der Waals surface area contributed by atoms with E-state index in [1.54, 1.807) is 0 Å². The van der Waals surface area contributed by atoms with E-state index in [1.165, 1.54) is 6.26 Å². The van der Waals surface area contributed by atoms with Crippen LogP contribution in [-0.2, 0) is 9.84 Å². The molecule has 0 aromatic rings. The number of piperidine rings is 1. The predicted molar refractivity (Wildman–Crippen MR) is 97.1 cm³/mol. The molecule has 0 aromatic heterocycles. The average Bonchev–Trinajstić information content (AvgIpc) is 2.47. The molecule has 2 saturated carbocycles. The van der Waals surface area contributed by atoms with Crippen molar-refractivity contribution in [1.29, 1.82) is 0 Å². The van der Waals surface area contributed by atoms with Gasteiger partial charge in [-0.3, -0.25) is 0 Å². The van der Waals surface area contributed by atoms with E-state index in [2.05, 4.69) is 11.9 Å². The summed E-state index contributed by atoms with van der Waals surface area (Å²) >= 11 is 13.1. The molecule has 0 radical (unpaired) electrons. The van der Waals surface area contributed by atoms with E-state index in [4.69, 9.17) is 23.2 Å². The lowest BCUT2D eigenvalue weighted by Gasteiger charge is -2.51. The first kappa shape index (κ1) is 18.3. The van der Waals surface area contributed by atoms with Gasteiger partial charge in [-0.15, -0.1) is 23.2 Å². The summed E-state index contributed by atoms with van der Waals surface area (Å²) in [5.74, 6) is 2.42. The molecule has 1 aliphatic heterocycles. The van der Waals surface area contributed by atoms with Gasteiger partial charge < -0.3 is 4.90 Å². The van der Waals surface area contributed by atoms with Crippen LogP contribution in [0.2, 0.25) is 0 Å². The van der Waals surface area contributed by atoms with E-state index >= 15 is 0 Å². The molecule has 1 saturated heterocycles. The van der Waals surface area contributed by atoms with Gasteiger partial charge >= 0.3 is 0 Å². The zero-order valence-electron chi connectivity index (χ0n) is 14.1. The van der Waals surface area contributed by atoms with Crippen LogP contribution in [0.5, 0.6) is 0 Å². The highest BCUT2D eigenvalue weighted by atomic mass is 35.5. The van der Waals surface area contributed by atoms with Gasteiger partial charge in [0.2, 0.25) is 0 Å². The van der Waals surface area contributed by atoms with Crippen molar-refractivity contribution >= 4 is 33.0 Å². The zero-order valence-corrected chi connectivity index (χ0v) is 16.5. The van der Waals surface area contributed by atoms with E-state index in [1.807, 2.05) is 0 Å². The average molecular weight is 382 g/mol. The van der Waals surface area contributed by atoms with E-state index < -0.39 is 9.84 Å². The molecule has 0 spiro atoms. The van der Waals surface area contributed by atoms with Crippen molar-refractivity contribution in [3.8, 4) is 0 Å². The molecule has 134 valence electrons. The van der Waals surface area contributed by atoms with E-state index in [0.717, 1.165) is 51.6 Å². The maximum absolute atomic E-state index is 11.8. The van der Waals surface area contributed by atoms with Crippen molar-refractivity contribution in [2.45, 2.75) is 54.5 Å². The summed E-state index contributed by atoms with van der Waals surface area (Å²) in [7, 11) is -0.688. The molecular formula is C17H29Cl2NO2S. The molecule has 2 aliphatic carbocycles. The highest BCUT2D eigenvalue weighted by molar-refractivity contribution is 7.91. The molecular weight excluding hydrogens is 353 g/mol. The lowest BCUT2D eigenvalue weighted by molar-refractivity contribution is 0.0109. The summed E-state index contributed by atoms with van der Waals surface area (Å²) in [6.45, 7) is 2.19. The minimum Gasteiger partial charge on any atom is -0.306 e. The first-order valence-electron chi connectivity index (χ1n) is 8.91. The molecule has 0 bridgehead atoms. The maximum Gasteiger partial charge on any atom is 0.150 e. The van der Waals surface area contributed by atoms with Gasteiger partial charge in [0.15, 0.2) is 0 Å². The fourth-order valence-corrected chi connectivity index (χ4v) is 7.47. The monoisotopic (exact) mass is 381 g/mol. The van der Waals surface area contributed by atoms with Gasteiger partial charge in [-0.25, -0.2) is 8.42 Å². The Morgan fingerprint density at radius 3 is 2.13 bits per heavy atom. The lowest BCUT2D eigenvalue weighted by atomic mass is 9.63. The summed E-state index contributed by atoms with van der Waals surface area (Å²) in [6, 6.07) is 0. The van der Waals surface area contributed by atoms with Crippen molar-refractivity contribution in [2.75, 3.05) is 26.4 Å². The van der Waals surface area contributed by atoms with Gasteiger partial charge in [-0.1, -0.05) is 0 Å². The van der Waals surface area contributed by atoms with Gasteiger partial charge in [-0.05, 0) is 69.2 Å². The van der Waals surface area contributed by atoms with Gasteiger partial charge in [-0.2, -0.15) is 0 Å². The summed E-state index contributed by atoms with van der Waals surface area (Å²) in [5, 5.41) is 0.273. The van der Waals surface area contributed by atoms with Crippen molar-refractivity contribution in [2.24, 2.45) is 23.7 Å². The van der Waals surface area contributed by atoms with Crippen LogP contribution >= 0.6 is 23.2 Å². The number of hydrogen-bond donors (Lipinski definition) is 0. The van der Waals surface area contributed by atoms with Crippen LogP contribution in [0, 0.1) is 23.7 Å². The quantitative estimate of drug-likeness (QED) is 0.687. The minimum absolute atomic E-state index is 0.122. The molecule has 3 rings (SSSR count). The Hall–Kier alpha value is 0.490. The summed E-state index contributed by atoms with van der Waals surface area (Å²) in [6.07, 6.45) is 7.13. The Morgan fingerprint density at radius 2 is 1.52 bits per heavy atom. The fraction of sp³-hybridized carbons (Fsp3) is 1.00. The third-order valence-corrected chi connectivity index (χ3v) is 9.09. The summed E-state index contributed by atoms with van der Waals surface area (Å²) in [5.41, 5.74) is 0. The predicted octanol–water partition coefficient (Wildman–Crippen LogP) is 3.39. The molecule has 23 heavy (non-hydrogen) atoms. The van der Waals surface area contributed by atoms with Crippen LogP contribution in [0.1, 0.15) is 38.5 Å². The number of nitrogens with zero attached hydrogens (tertiary/aromatic N) is 1. The molecule has 3 fully saturated rings. The smallest absolute Gasteiger partial charge is 0.150 e. The number of halogens is 2. The SMILES string of the molecule is CN1CC2C(Cl)CC(Cl)CC2C(C2CCC(S(C)(=O)=O)CC2)C1. The Morgan fingerprint density at radius 1 is 0.913 bits per heavy atom. The number of likely N-dealkylation sites (tertiary alicyclic amines) is 1. The van der Waals surface area contributed by atoms with Crippen LogP contribution < -0.4 is 0 Å². The van der Waals surface area contributed by atoms with Crippen LogP contribution in [0.3, 0.4) is 0 Å². The van der Waals surface area contributed by atoms with Gasteiger partial charge in [0, 0.05) is 30.1 Å². The highest BCUT2D eigenvalue weighted by Gasteiger charge is 2.46. The third kappa shape index (κ3) is 4.02. The van der Waals surface area contributed by atoms with E-state index in [0.29, 0.717) is 23.7 Å². The van der Waals surface area contributed by atoms with Crippen molar-refractivity contribution in [3.63, 3.8) is 0 Å². The Balaban J connectivity index is 1.71. The Kier molecular flexibility index (Phi) is 5.57. The van der Waals surface area contributed by atoms with Crippen molar-refractivity contribution in [3.05, 3.63) is 0 Å². The number of rotatable bonds is 2. The lowest BCUT2D eigenvalue weighted by Crippen LogP contribution is -2.53. The molecule has 3 aliphatic rings. The largest absolute Gasteiger partial charge is 0.306 e. The molecule has 6 heteroatoms. The summed E-state index contributed by atoms with van der Waals surface area (Å²) < 4.78 is 23.6. The summed E-state index contributed by atoms with van der Waals surface area (Å²) in [4.78, 5) is 2.43. The van der Waals surface area contributed by atoms with Crippen LogP contribution in [-0.4, -0.2) is 55.7 Å². The number of alkyl halides is 2. The minimum atomic E-state index is -2.88. The first-order chi connectivity index (χ1) is 10.8. The standard InChI is InChI=1S/C17H29Cl2NO2S/c1-20-9-15(11-3-5-13(6-4-11)23(2,21)22)14-7-12(18)8-17(19)16(14)10-20/h11-17H,3-10H2,1-2H3. The van der Waals surface area contributed by atoms with Crippen LogP contribution in [0.15, 0.2) is 0 Å². The third-order valence-electron chi connectivity index (χ3n) is 6.55. The second-order valence-corrected chi connectivity index (χ2v) is 11.7. The van der Waals surface area contributed by atoms with Crippen molar-refractivity contribution in [1.82, 2.24) is 4.90 Å². The highest BCUT2D eigenvalue weighted by Crippen LogP contribution is 2.48. The molecule has 5 atom stereocenters. The fourth-order valence-electron chi connectivity index (χ4n) is 5.37. The Bertz CT molecular complexity index is 519. The second-order valence-electron chi connectivity index (χ2n) is 8.16. The molecule has 0 N–H and O–H groups in total. The van der Waals surface area contributed by atoms with Crippen molar-refractivity contribution < 1.29 is 8.42 Å². The Labute approximate surface area is 151 Å². The molecule has 5 unspecified atom stereocenters. The second kappa shape index (κ2) is 7.01. The molecule has 3 nitrogen and oxygen atoms in total. The van der Waals surface area contributed by atoms with Crippen LogP contribution in [0.4, 0.5) is 0 Å². The molecule has 0 amide bonds. The van der Waals surface area contributed by atoms with Gasteiger partial charge in [0.05, 0.1) is 5.25 Å². The first-order valence-corrected chi connectivity index (χ1v) is 11.7. The number of hydrogen-bond acceptors (Lipinski definition) is 3. The topological polar surface area (TPSA) is 37.4 Å². The molecule has 1 heterocycles.